The lowest BCUT2D eigenvalue weighted by Crippen LogP contribution is -2.50. The fourth-order valence-corrected chi connectivity index (χ4v) is 7.88. The van der Waals surface area contributed by atoms with Gasteiger partial charge in [-0.25, -0.2) is 0 Å². The molecular weight excluding hydrogens is 294 g/mol. The molecular formula is C22H35NO. The number of nitrogens with zero attached hydrogens (tertiary/aromatic N) is 1. The molecule has 4 rings (SSSR count). The second kappa shape index (κ2) is 5.73. The molecule has 4 fully saturated rings. The number of rotatable bonds is 1. The van der Waals surface area contributed by atoms with E-state index in [1.807, 2.05) is 0 Å². The number of hydrogen-bond acceptors (Lipinski definition) is 2. The van der Waals surface area contributed by atoms with Crippen molar-refractivity contribution >= 4 is 0 Å². The molecule has 4 aliphatic rings. The van der Waals surface area contributed by atoms with E-state index < -0.39 is 0 Å². The highest BCUT2D eigenvalue weighted by Crippen LogP contribution is 2.67. The van der Waals surface area contributed by atoms with Crippen molar-refractivity contribution < 1.29 is 5.11 Å². The van der Waals surface area contributed by atoms with Gasteiger partial charge in [0.05, 0.1) is 12.2 Å². The molecule has 0 aromatic heterocycles. The van der Waals surface area contributed by atoms with Crippen molar-refractivity contribution in [3.05, 3.63) is 0 Å². The largest absolute Gasteiger partial charge is 0.392 e. The first-order chi connectivity index (χ1) is 11.4. The van der Waals surface area contributed by atoms with Crippen molar-refractivity contribution in [3.63, 3.8) is 0 Å². The lowest BCUT2D eigenvalue weighted by atomic mass is 9.49. The third-order valence-electron chi connectivity index (χ3n) is 9.38. The molecule has 2 heteroatoms. The Balaban J connectivity index is 1.61. The summed E-state index contributed by atoms with van der Waals surface area (Å²) in [5.41, 5.74) is 0.259. The van der Waals surface area contributed by atoms with Crippen LogP contribution in [0.25, 0.3) is 0 Å². The van der Waals surface area contributed by atoms with Gasteiger partial charge in [0, 0.05) is 5.92 Å². The molecule has 0 aromatic carbocycles. The molecule has 0 bridgehead atoms. The molecule has 1 N–H and O–H groups in total. The molecule has 0 heterocycles. The monoisotopic (exact) mass is 329 g/mol. The van der Waals surface area contributed by atoms with Crippen LogP contribution < -0.4 is 0 Å². The lowest BCUT2D eigenvalue weighted by Gasteiger charge is -2.55. The predicted octanol–water partition coefficient (Wildman–Crippen LogP) is 5.17. The normalized spacial score (nSPS) is 56.7. The van der Waals surface area contributed by atoms with Gasteiger partial charge in [0.2, 0.25) is 0 Å². The van der Waals surface area contributed by atoms with E-state index in [0.717, 1.165) is 30.6 Å². The van der Waals surface area contributed by atoms with Crippen molar-refractivity contribution in [1.82, 2.24) is 0 Å². The van der Waals surface area contributed by atoms with Crippen LogP contribution in [-0.4, -0.2) is 11.2 Å². The maximum absolute atomic E-state index is 11.2. The first kappa shape index (κ1) is 16.9. The molecule has 0 aliphatic heterocycles. The fourth-order valence-electron chi connectivity index (χ4n) is 7.88. The molecule has 0 radical (unpaired) electrons. The fraction of sp³-hybridized carbons (Fsp3) is 0.955. The van der Waals surface area contributed by atoms with Crippen LogP contribution in [0.1, 0.15) is 78.6 Å². The highest BCUT2D eigenvalue weighted by Gasteiger charge is 2.62. The number of fused-ring (bicyclic) bond motifs is 5. The molecule has 9 atom stereocenters. The van der Waals surface area contributed by atoms with Crippen LogP contribution in [0, 0.1) is 57.7 Å². The minimum atomic E-state index is -0.128. The smallest absolute Gasteiger partial charge is 0.0658 e. The van der Waals surface area contributed by atoms with Crippen LogP contribution >= 0.6 is 0 Å². The van der Waals surface area contributed by atoms with E-state index in [-0.39, 0.29) is 16.9 Å². The van der Waals surface area contributed by atoms with Gasteiger partial charge in [-0.05, 0) is 91.8 Å². The summed E-state index contributed by atoms with van der Waals surface area (Å²) in [5.74, 6) is 4.16. The average Bonchev–Trinajstić information content (AvgIpc) is 2.82. The zero-order valence-electron chi connectivity index (χ0n) is 15.8. The van der Waals surface area contributed by atoms with E-state index >= 15 is 0 Å². The molecule has 0 saturated heterocycles. The van der Waals surface area contributed by atoms with E-state index in [9.17, 15) is 10.4 Å². The predicted molar refractivity (Wildman–Crippen MR) is 96.0 cm³/mol. The molecule has 4 saturated carbocycles. The second-order valence-electron chi connectivity index (χ2n) is 10.2. The summed E-state index contributed by atoms with van der Waals surface area (Å²) in [5, 5.41) is 20.7. The number of aliphatic hydroxyl groups excluding tert-OH is 1. The highest BCUT2D eigenvalue weighted by molar-refractivity contribution is 5.12. The van der Waals surface area contributed by atoms with Gasteiger partial charge in [0.1, 0.15) is 0 Å². The Kier molecular flexibility index (Phi) is 4.03. The van der Waals surface area contributed by atoms with E-state index in [4.69, 9.17) is 0 Å². The van der Waals surface area contributed by atoms with Gasteiger partial charge < -0.3 is 5.11 Å². The number of nitriles is 1. The molecule has 4 aliphatic carbocycles. The summed E-state index contributed by atoms with van der Waals surface area (Å²) < 4.78 is 0. The topological polar surface area (TPSA) is 44.0 Å². The van der Waals surface area contributed by atoms with Crippen molar-refractivity contribution in [2.45, 2.75) is 84.7 Å². The van der Waals surface area contributed by atoms with Crippen LogP contribution in [0.3, 0.4) is 0 Å². The summed E-state index contributed by atoms with van der Waals surface area (Å²) in [7, 11) is 0. The average molecular weight is 330 g/mol. The Labute approximate surface area is 148 Å². The molecule has 0 aromatic rings. The summed E-state index contributed by atoms with van der Waals surface area (Å²) in [6.07, 6.45) is 11.1. The zero-order chi connectivity index (χ0) is 17.1. The summed E-state index contributed by atoms with van der Waals surface area (Å²) >= 11 is 0. The van der Waals surface area contributed by atoms with Gasteiger partial charge in [-0.15, -0.1) is 0 Å². The maximum atomic E-state index is 11.2. The van der Waals surface area contributed by atoms with E-state index in [2.05, 4.69) is 26.8 Å². The van der Waals surface area contributed by atoms with Crippen LogP contribution in [-0.2, 0) is 0 Å². The van der Waals surface area contributed by atoms with Crippen LogP contribution in [0.5, 0.6) is 0 Å². The molecule has 24 heavy (non-hydrogen) atoms. The van der Waals surface area contributed by atoms with Gasteiger partial charge in [-0.3, -0.25) is 0 Å². The molecule has 134 valence electrons. The maximum Gasteiger partial charge on any atom is 0.0658 e. The Hall–Kier alpha value is -0.550. The quantitative estimate of drug-likeness (QED) is 0.721. The van der Waals surface area contributed by atoms with Gasteiger partial charge >= 0.3 is 0 Å². The van der Waals surface area contributed by atoms with Crippen LogP contribution in [0.4, 0.5) is 0 Å². The first-order valence-electron chi connectivity index (χ1n) is 10.5. The minimum absolute atomic E-state index is 0.118. The van der Waals surface area contributed by atoms with Gasteiger partial charge in [-0.2, -0.15) is 5.26 Å². The van der Waals surface area contributed by atoms with Gasteiger partial charge in [0.25, 0.3) is 0 Å². The third-order valence-corrected chi connectivity index (χ3v) is 9.38. The summed E-state index contributed by atoms with van der Waals surface area (Å²) in [6, 6.07) is 2.64. The Morgan fingerprint density at radius 2 is 1.71 bits per heavy atom. The Bertz CT molecular complexity index is 539. The van der Waals surface area contributed by atoms with E-state index in [1.54, 1.807) is 0 Å². The standard InChI is InChI=1S/C22H35NO/c1-4-21(2)12-19-18-9-8-15-14(13-23)6-5-7-16(15)17(18)10-11-22(19,3)20(21)24/h14-20,24H,4-12H2,1-3H3/t14?,15?,16?,17?,18?,19?,20-,21+,22-/m0/s1. The SMILES string of the molecule is CC[C@]1(C)CC2C3CCC4C(C#N)CCCC4C3CC[C@]2(C)[C@H]1O. The van der Waals surface area contributed by atoms with Crippen LogP contribution in [0.2, 0.25) is 0 Å². The highest BCUT2D eigenvalue weighted by atomic mass is 16.3. The second-order valence-corrected chi connectivity index (χ2v) is 10.2. The minimum Gasteiger partial charge on any atom is -0.392 e. The van der Waals surface area contributed by atoms with E-state index in [0.29, 0.717) is 17.8 Å². The lowest BCUT2D eigenvalue weighted by molar-refractivity contribution is -0.0943. The van der Waals surface area contributed by atoms with Crippen LogP contribution in [0.15, 0.2) is 0 Å². The van der Waals surface area contributed by atoms with Crippen molar-refractivity contribution in [2.75, 3.05) is 0 Å². The third kappa shape index (κ3) is 2.16. The Morgan fingerprint density at radius 3 is 2.42 bits per heavy atom. The number of hydrogen-bond donors (Lipinski definition) is 1. The van der Waals surface area contributed by atoms with E-state index in [1.165, 1.54) is 44.9 Å². The van der Waals surface area contributed by atoms with Crippen molar-refractivity contribution in [2.24, 2.45) is 46.3 Å². The van der Waals surface area contributed by atoms with Crippen molar-refractivity contribution in [3.8, 4) is 6.07 Å². The van der Waals surface area contributed by atoms with Gasteiger partial charge in [0.15, 0.2) is 0 Å². The Morgan fingerprint density at radius 1 is 1.00 bits per heavy atom. The van der Waals surface area contributed by atoms with Gasteiger partial charge in [-0.1, -0.05) is 27.2 Å². The summed E-state index contributed by atoms with van der Waals surface area (Å²) in [4.78, 5) is 0. The molecule has 6 unspecified atom stereocenters. The number of aliphatic hydroxyl groups is 1. The molecule has 0 amide bonds. The summed E-state index contributed by atoms with van der Waals surface area (Å²) in [6.45, 7) is 6.98. The molecule has 2 nitrogen and oxygen atoms in total. The first-order valence-corrected chi connectivity index (χ1v) is 10.5. The molecule has 0 spiro atoms. The van der Waals surface area contributed by atoms with Crippen molar-refractivity contribution in [1.29, 1.82) is 5.26 Å². The zero-order valence-corrected chi connectivity index (χ0v) is 15.8.